The first-order valence-electron chi connectivity index (χ1n) is 17.0. The molecular weight excluding hydrogens is 735 g/mol. The molecule has 3 aromatic heterocycles. The standard InChI is InChI=1S/C39H34F2N6O5S2/c1-52-30-16-7-22(19-24(30)21-45-18-3-2-6-29(45)23-5-4-17-42-20-23)31(32-34(48)43-38(53)46(36(32)50)27-12-8-25(40)9-13-27)33-35(49)44-39(54)47(37(33)51)28-14-10-26(41)11-15-28/h4-5,7-17,19-20,29,31,50-51H,2-3,6,18,21H2,1H3,(H,43,48,53)(H,44,49,54)/t29-/m1/s1. The Hall–Kier alpha value is -5.77. The molecule has 4 heterocycles. The van der Waals surface area contributed by atoms with Gasteiger partial charge in [-0.3, -0.25) is 38.6 Å². The van der Waals surface area contributed by atoms with Crippen LogP contribution in [0.5, 0.6) is 17.5 Å². The van der Waals surface area contributed by atoms with Crippen LogP contribution in [0.1, 0.15) is 59.0 Å². The van der Waals surface area contributed by atoms with Gasteiger partial charge in [-0.05, 0) is 122 Å². The number of pyridine rings is 1. The van der Waals surface area contributed by atoms with E-state index in [1.54, 1.807) is 31.5 Å². The fourth-order valence-electron chi connectivity index (χ4n) is 7.19. The van der Waals surface area contributed by atoms with Crippen molar-refractivity contribution in [2.75, 3.05) is 13.7 Å². The summed E-state index contributed by atoms with van der Waals surface area (Å²) < 4.78 is 35.6. The van der Waals surface area contributed by atoms with Crippen molar-refractivity contribution in [1.29, 1.82) is 0 Å². The zero-order valence-electron chi connectivity index (χ0n) is 28.8. The first kappa shape index (κ1) is 36.6. The summed E-state index contributed by atoms with van der Waals surface area (Å²) in [6, 6.07) is 19.2. The smallest absolute Gasteiger partial charge is 0.259 e. The van der Waals surface area contributed by atoms with Crippen LogP contribution in [0.2, 0.25) is 0 Å². The van der Waals surface area contributed by atoms with Crippen molar-refractivity contribution in [2.45, 2.75) is 37.8 Å². The molecule has 0 aliphatic carbocycles. The van der Waals surface area contributed by atoms with Gasteiger partial charge in [0.2, 0.25) is 11.8 Å². The number of halogens is 2. The summed E-state index contributed by atoms with van der Waals surface area (Å²) in [4.78, 5) is 39.9. The van der Waals surface area contributed by atoms with Crippen LogP contribution >= 0.6 is 24.4 Å². The minimum atomic E-state index is -1.46. The SMILES string of the molecule is COc1ccc(C(c2c(O)n(-c3ccc(F)cc3)c(=S)[nH]c2=O)c2c(O)n(-c3ccc(F)cc3)c(=S)[nH]c2=O)cc1CN1CCCC[C@@H]1c1cccnc1. The van der Waals surface area contributed by atoms with E-state index in [0.29, 0.717) is 23.4 Å². The molecule has 0 bridgehead atoms. The predicted octanol–water partition coefficient (Wildman–Crippen LogP) is 7.10. The number of nitrogens with zero attached hydrogens (tertiary/aromatic N) is 4. The molecule has 1 aliphatic rings. The Bertz CT molecular complexity index is 2450. The molecule has 7 rings (SSSR count). The molecule has 4 N–H and O–H groups in total. The lowest BCUT2D eigenvalue weighted by Crippen LogP contribution is -2.33. The fraction of sp³-hybridized carbons (Fsp3) is 0.205. The lowest BCUT2D eigenvalue weighted by atomic mass is 9.85. The molecule has 11 nitrogen and oxygen atoms in total. The van der Waals surface area contributed by atoms with Crippen LogP contribution in [0.4, 0.5) is 8.78 Å². The Labute approximate surface area is 317 Å². The minimum Gasteiger partial charge on any atom is -0.496 e. The molecule has 1 saturated heterocycles. The van der Waals surface area contributed by atoms with E-state index < -0.39 is 40.4 Å². The third-order valence-electron chi connectivity index (χ3n) is 9.68. The van der Waals surface area contributed by atoms with Crippen LogP contribution < -0.4 is 15.9 Å². The number of ether oxygens (including phenoxy) is 1. The molecule has 0 radical (unpaired) electrons. The highest BCUT2D eigenvalue weighted by Crippen LogP contribution is 2.41. The van der Waals surface area contributed by atoms with Crippen molar-refractivity contribution in [3.63, 3.8) is 0 Å². The number of rotatable bonds is 9. The van der Waals surface area contributed by atoms with Gasteiger partial charge in [0, 0.05) is 30.5 Å². The quantitative estimate of drug-likeness (QED) is 0.113. The Balaban J connectivity index is 1.47. The molecular formula is C39H34F2N6O5S2. The van der Waals surface area contributed by atoms with E-state index in [1.165, 1.54) is 48.5 Å². The zero-order valence-corrected chi connectivity index (χ0v) is 30.5. The molecule has 6 aromatic rings. The van der Waals surface area contributed by atoms with Crippen LogP contribution in [0, 0.1) is 21.2 Å². The van der Waals surface area contributed by atoms with E-state index in [2.05, 4.69) is 19.9 Å². The van der Waals surface area contributed by atoms with Gasteiger partial charge in [0.05, 0.1) is 35.5 Å². The number of H-pyrrole nitrogens is 2. The van der Waals surface area contributed by atoms with Gasteiger partial charge in [-0.15, -0.1) is 0 Å². The minimum absolute atomic E-state index is 0.0684. The summed E-state index contributed by atoms with van der Waals surface area (Å²) in [5.41, 5.74) is 0.156. The lowest BCUT2D eigenvalue weighted by molar-refractivity contribution is 0.139. The van der Waals surface area contributed by atoms with Gasteiger partial charge in [-0.25, -0.2) is 8.78 Å². The average Bonchev–Trinajstić information content (AvgIpc) is 3.16. The van der Waals surface area contributed by atoms with E-state index in [9.17, 15) is 28.6 Å². The Morgan fingerprint density at radius 2 is 1.43 bits per heavy atom. The number of nitrogens with one attached hydrogen (secondary N) is 2. The summed E-state index contributed by atoms with van der Waals surface area (Å²) in [7, 11) is 1.54. The van der Waals surface area contributed by atoms with Gasteiger partial charge >= 0.3 is 0 Å². The molecule has 1 aliphatic heterocycles. The molecule has 0 spiro atoms. The molecule has 0 saturated carbocycles. The number of methoxy groups -OCH3 is 1. The maximum Gasteiger partial charge on any atom is 0.259 e. The van der Waals surface area contributed by atoms with Crippen molar-refractivity contribution in [2.24, 2.45) is 0 Å². The summed E-state index contributed by atoms with van der Waals surface area (Å²) >= 11 is 10.9. The first-order valence-corrected chi connectivity index (χ1v) is 17.9. The fourth-order valence-corrected chi connectivity index (χ4v) is 7.75. The summed E-state index contributed by atoms with van der Waals surface area (Å²) in [6.07, 6.45) is 6.51. The van der Waals surface area contributed by atoms with Crippen LogP contribution in [0.3, 0.4) is 0 Å². The predicted molar refractivity (Wildman–Crippen MR) is 203 cm³/mol. The Morgan fingerprint density at radius 1 is 0.852 bits per heavy atom. The molecule has 54 heavy (non-hydrogen) atoms. The van der Waals surface area contributed by atoms with Crippen molar-refractivity contribution in [3.8, 4) is 28.9 Å². The largest absolute Gasteiger partial charge is 0.496 e. The summed E-state index contributed by atoms with van der Waals surface area (Å²) in [6.45, 7) is 1.20. The topological polar surface area (TPSA) is 141 Å². The monoisotopic (exact) mass is 768 g/mol. The molecule has 1 fully saturated rings. The van der Waals surface area contributed by atoms with Crippen molar-refractivity contribution in [1.82, 2.24) is 29.0 Å². The average molecular weight is 769 g/mol. The molecule has 1 atom stereocenters. The van der Waals surface area contributed by atoms with Crippen molar-refractivity contribution < 1.29 is 23.7 Å². The van der Waals surface area contributed by atoms with Crippen LogP contribution in [0.15, 0.2) is 101 Å². The van der Waals surface area contributed by atoms with E-state index in [4.69, 9.17) is 29.2 Å². The van der Waals surface area contributed by atoms with Crippen LogP contribution in [-0.4, -0.2) is 52.9 Å². The normalized spacial score (nSPS) is 14.7. The van der Waals surface area contributed by atoms with Gasteiger partial charge < -0.3 is 14.9 Å². The van der Waals surface area contributed by atoms with Crippen molar-refractivity contribution >= 4 is 24.4 Å². The maximum atomic E-state index is 14.0. The van der Waals surface area contributed by atoms with E-state index in [-0.39, 0.29) is 38.1 Å². The number of piperidine rings is 1. The third kappa shape index (κ3) is 7.00. The Kier molecular flexibility index (Phi) is 10.4. The molecule has 276 valence electrons. The van der Waals surface area contributed by atoms with E-state index in [1.807, 2.05) is 18.3 Å². The van der Waals surface area contributed by atoms with Crippen LogP contribution in [-0.2, 0) is 6.54 Å². The van der Waals surface area contributed by atoms with Crippen LogP contribution in [0.25, 0.3) is 11.4 Å². The number of aromatic nitrogens is 5. The maximum absolute atomic E-state index is 14.0. The van der Waals surface area contributed by atoms with Gasteiger partial charge in [0.25, 0.3) is 11.1 Å². The van der Waals surface area contributed by atoms with Gasteiger partial charge in [0.1, 0.15) is 17.4 Å². The molecule has 0 amide bonds. The van der Waals surface area contributed by atoms with Crippen molar-refractivity contribution in [3.05, 3.63) is 161 Å². The lowest BCUT2D eigenvalue weighted by Gasteiger charge is -2.36. The summed E-state index contributed by atoms with van der Waals surface area (Å²) in [5, 5.41) is 24.0. The van der Waals surface area contributed by atoms with Gasteiger partial charge in [0.15, 0.2) is 9.54 Å². The second kappa shape index (κ2) is 15.3. The second-order valence-corrected chi connectivity index (χ2v) is 13.7. The molecule has 3 aromatic carbocycles. The number of benzene rings is 3. The third-order valence-corrected chi connectivity index (χ3v) is 10.3. The number of aromatic amines is 2. The Morgan fingerprint density at radius 3 is 1.94 bits per heavy atom. The van der Waals surface area contributed by atoms with Gasteiger partial charge in [-0.1, -0.05) is 18.6 Å². The number of hydrogen-bond donors (Lipinski definition) is 4. The summed E-state index contributed by atoms with van der Waals surface area (Å²) in [5.74, 6) is -3.30. The first-order chi connectivity index (χ1) is 26.0. The highest BCUT2D eigenvalue weighted by molar-refractivity contribution is 7.71. The van der Waals surface area contributed by atoms with E-state index in [0.717, 1.165) is 40.5 Å². The highest BCUT2D eigenvalue weighted by Gasteiger charge is 2.33. The molecule has 15 heteroatoms. The highest BCUT2D eigenvalue weighted by atomic mass is 32.1. The van der Waals surface area contributed by atoms with Gasteiger partial charge in [-0.2, -0.15) is 0 Å². The number of hydrogen-bond acceptors (Lipinski definition) is 9. The second-order valence-electron chi connectivity index (χ2n) is 12.9. The zero-order chi connectivity index (χ0) is 38.1. The number of aromatic hydroxyl groups is 2. The molecule has 0 unspecified atom stereocenters. The van der Waals surface area contributed by atoms with E-state index >= 15 is 0 Å². The number of likely N-dealkylation sites (tertiary alicyclic amines) is 1.